The Morgan fingerprint density at radius 1 is 1.44 bits per heavy atom. The normalized spacial score (nSPS) is 10.4. The lowest BCUT2D eigenvalue weighted by atomic mass is 10.0. The van der Waals surface area contributed by atoms with E-state index in [1.165, 1.54) is 11.3 Å². The molecule has 1 aromatic heterocycles. The summed E-state index contributed by atoms with van der Waals surface area (Å²) in [6, 6.07) is 7.31. The van der Waals surface area contributed by atoms with Crippen molar-refractivity contribution >= 4 is 38.7 Å². The summed E-state index contributed by atoms with van der Waals surface area (Å²) in [5.41, 5.74) is 7.96. The molecule has 2 nitrogen and oxygen atoms in total. The molecule has 0 fully saturated rings. The molecule has 2 aromatic rings. The molecule has 0 spiro atoms. The number of ketones is 1. The molecule has 0 amide bonds. The number of nitrogens with two attached hydrogens (primary N) is 1. The number of thiophene rings is 1. The van der Waals surface area contributed by atoms with Gasteiger partial charge in [0.25, 0.3) is 0 Å². The van der Waals surface area contributed by atoms with Gasteiger partial charge in [-0.15, -0.1) is 11.3 Å². The van der Waals surface area contributed by atoms with E-state index in [1.807, 2.05) is 30.5 Å². The van der Waals surface area contributed by atoms with Crippen LogP contribution in [-0.2, 0) is 0 Å². The van der Waals surface area contributed by atoms with Crippen LogP contribution in [0.25, 0.3) is 0 Å². The van der Waals surface area contributed by atoms with Crippen LogP contribution in [0.1, 0.15) is 20.8 Å². The zero-order chi connectivity index (χ0) is 11.7. The molecule has 0 aliphatic rings. The largest absolute Gasteiger partial charge is 0.398 e. The molecule has 0 atom stereocenters. The topological polar surface area (TPSA) is 43.1 Å². The standard InChI is InChI=1S/C12H10BrNOS/c1-7-9(5-8(13)6-10(7)14)12(15)11-3-2-4-16-11/h2-6H,14H2,1H3. The Kier molecular flexibility index (Phi) is 3.12. The zero-order valence-electron chi connectivity index (χ0n) is 8.66. The molecule has 2 N–H and O–H groups in total. The average molecular weight is 296 g/mol. The summed E-state index contributed by atoms with van der Waals surface area (Å²) in [7, 11) is 0. The molecule has 2 rings (SSSR count). The Balaban J connectivity index is 2.52. The highest BCUT2D eigenvalue weighted by Crippen LogP contribution is 2.26. The van der Waals surface area contributed by atoms with E-state index in [-0.39, 0.29) is 5.78 Å². The van der Waals surface area contributed by atoms with Gasteiger partial charge in [0.1, 0.15) is 0 Å². The summed E-state index contributed by atoms with van der Waals surface area (Å²) in [6.45, 7) is 1.86. The van der Waals surface area contributed by atoms with Crippen molar-refractivity contribution in [1.82, 2.24) is 0 Å². The Hall–Kier alpha value is -1.13. The Morgan fingerprint density at radius 3 is 2.81 bits per heavy atom. The predicted octanol–water partition coefficient (Wildman–Crippen LogP) is 3.63. The van der Waals surface area contributed by atoms with E-state index in [9.17, 15) is 4.79 Å². The third kappa shape index (κ3) is 2.03. The van der Waals surface area contributed by atoms with Gasteiger partial charge in [-0.25, -0.2) is 0 Å². The van der Waals surface area contributed by atoms with E-state index in [0.717, 1.165) is 14.9 Å². The number of carbonyl (C=O) groups is 1. The van der Waals surface area contributed by atoms with Gasteiger partial charge >= 0.3 is 0 Å². The Morgan fingerprint density at radius 2 is 2.19 bits per heavy atom. The molecule has 1 heterocycles. The van der Waals surface area contributed by atoms with Gasteiger partial charge in [0.2, 0.25) is 5.78 Å². The third-order valence-corrected chi connectivity index (χ3v) is 3.73. The molecule has 0 bridgehead atoms. The van der Waals surface area contributed by atoms with Crippen molar-refractivity contribution < 1.29 is 4.79 Å². The van der Waals surface area contributed by atoms with Gasteiger partial charge in [-0.3, -0.25) is 4.79 Å². The minimum Gasteiger partial charge on any atom is -0.398 e. The molecule has 0 unspecified atom stereocenters. The van der Waals surface area contributed by atoms with Crippen LogP contribution in [0.3, 0.4) is 0 Å². The molecule has 0 saturated carbocycles. The van der Waals surface area contributed by atoms with Crippen molar-refractivity contribution in [2.75, 3.05) is 5.73 Å². The number of hydrogen-bond acceptors (Lipinski definition) is 3. The maximum Gasteiger partial charge on any atom is 0.203 e. The Bertz CT molecular complexity index is 534. The number of carbonyl (C=O) groups excluding carboxylic acids is 1. The summed E-state index contributed by atoms with van der Waals surface area (Å²) >= 11 is 4.79. The average Bonchev–Trinajstić information content (AvgIpc) is 2.75. The number of anilines is 1. The summed E-state index contributed by atoms with van der Waals surface area (Å²) in [5, 5.41) is 1.89. The first-order valence-corrected chi connectivity index (χ1v) is 6.40. The molecular weight excluding hydrogens is 286 g/mol. The molecule has 0 aliphatic carbocycles. The van der Waals surface area contributed by atoms with Crippen LogP contribution >= 0.6 is 27.3 Å². The van der Waals surface area contributed by atoms with E-state index in [0.29, 0.717) is 11.3 Å². The molecular formula is C12H10BrNOS. The fraction of sp³-hybridized carbons (Fsp3) is 0.0833. The van der Waals surface area contributed by atoms with Gasteiger partial charge in [-0.1, -0.05) is 22.0 Å². The van der Waals surface area contributed by atoms with Crippen molar-refractivity contribution in [3.63, 3.8) is 0 Å². The quantitative estimate of drug-likeness (QED) is 0.679. The van der Waals surface area contributed by atoms with Crippen molar-refractivity contribution in [3.8, 4) is 0 Å². The van der Waals surface area contributed by atoms with Crippen molar-refractivity contribution in [3.05, 3.63) is 50.1 Å². The van der Waals surface area contributed by atoms with Crippen LogP contribution in [0.5, 0.6) is 0 Å². The maximum atomic E-state index is 12.2. The highest BCUT2D eigenvalue weighted by molar-refractivity contribution is 9.10. The van der Waals surface area contributed by atoms with Gasteiger partial charge in [0.05, 0.1) is 4.88 Å². The highest BCUT2D eigenvalue weighted by atomic mass is 79.9. The van der Waals surface area contributed by atoms with Crippen LogP contribution in [-0.4, -0.2) is 5.78 Å². The fourth-order valence-electron chi connectivity index (χ4n) is 1.48. The number of halogens is 1. The van der Waals surface area contributed by atoms with E-state index in [4.69, 9.17) is 5.73 Å². The summed E-state index contributed by atoms with van der Waals surface area (Å²) in [5.74, 6) is 0.0282. The van der Waals surface area contributed by atoms with Crippen LogP contribution < -0.4 is 5.73 Å². The van der Waals surface area contributed by atoms with Crippen LogP contribution in [0.2, 0.25) is 0 Å². The zero-order valence-corrected chi connectivity index (χ0v) is 11.1. The van der Waals surface area contributed by atoms with Gasteiger partial charge in [0, 0.05) is 15.7 Å². The molecule has 16 heavy (non-hydrogen) atoms. The number of benzene rings is 1. The second-order valence-corrected chi connectivity index (χ2v) is 5.34. The highest BCUT2D eigenvalue weighted by Gasteiger charge is 2.14. The Labute approximate surface area is 106 Å². The minimum atomic E-state index is 0.0282. The van der Waals surface area contributed by atoms with Crippen molar-refractivity contribution in [2.24, 2.45) is 0 Å². The van der Waals surface area contributed by atoms with Crippen LogP contribution in [0, 0.1) is 6.92 Å². The van der Waals surface area contributed by atoms with Crippen molar-refractivity contribution in [2.45, 2.75) is 6.92 Å². The minimum absolute atomic E-state index is 0.0282. The summed E-state index contributed by atoms with van der Waals surface area (Å²) < 4.78 is 0.829. The third-order valence-electron chi connectivity index (χ3n) is 2.40. The molecule has 0 saturated heterocycles. The van der Waals surface area contributed by atoms with Crippen LogP contribution in [0.4, 0.5) is 5.69 Å². The summed E-state index contributed by atoms with van der Waals surface area (Å²) in [6.07, 6.45) is 0. The number of rotatable bonds is 2. The van der Waals surface area contributed by atoms with E-state index < -0.39 is 0 Å². The predicted molar refractivity (Wildman–Crippen MR) is 71.0 cm³/mol. The number of nitrogen functional groups attached to an aromatic ring is 1. The van der Waals surface area contributed by atoms with Crippen LogP contribution in [0.15, 0.2) is 34.1 Å². The first-order valence-electron chi connectivity index (χ1n) is 4.73. The number of hydrogen-bond donors (Lipinski definition) is 1. The summed E-state index contributed by atoms with van der Waals surface area (Å²) in [4.78, 5) is 12.9. The van der Waals surface area contributed by atoms with Crippen molar-refractivity contribution in [1.29, 1.82) is 0 Å². The lowest BCUT2D eigenvalue weighted by molar-refractivity contribution is 0.104. The monoisotopic (exact) mass is 295 g/mol. The lowest BCUT2D eigenvalue weighted by Crippen LogP contribution is -2.04. The SMILES string of the molecule is Cc1c(N)cc(Br)cc1C(=O)c1cccs1. The molecule has 82 valence electrons. The molecule has 4 heteroatoms. The van der Waals surface area contributed by atoms with Gasteiger partial charge in [-0.05, 0) is 36.1 Å². The van der Waals surface area contributed by atoms with Gasteiger partial charge in [-0.2, -0.15) is 0 Å². The second-order valence-electron chi connectivity index (χ2n) is 3.47. The fourth-order valence-corrected chi connectivity index (χ4v) is 2.63. The first kappa shape index (κ1) is 11.4. The first-order chi connectivity index (χ1) is 7.59. The van der Waals surface area contributed by atoms with E-state index in [1.54, 1.807) is 6.07 Å². The van der Waals surface area contributed by atoms with E-state index >= 15 is 0 Å². The second kappa shape index (κ2) is 4.39. The van der Waals surface area contributed by atoms with Gasteiger partial charge < -0.3 is 5.73 Å². The van der Waals surface area contributed by atoms with E-state index in [2.05, 4.69) is 15.9 Å². The maximum absolute atomic E-state index is 12.2. The molecule has 0 radical (unpaired) electrons. The molecule has 0 aliphatic heterocycles. The smallest absolute Gasteiger partial charge is 0.203 e. The van der Waals surface area contributed by atoms with Gasteiger partial charge in [0.15, 0.2) is 0 Å². The molecule has 1 aromatic carbocycles. The lowest BCUT2D eigenvalue weighted by Gasteiger charge is -2.07.